The Labute approximate surface area is 89.5 Å². The van der Waals surface area contributed by atoms with Gasteiger partial charge in [-0.1, -0.05) is 34.1 Å². The predicted octanol–water partition coefficient (Wildman–Crippen LogP) is 3.70. The van der Waals surface area contributed by atoms with Gasteiger partial charge in [0.05, 0.1) is 0 Å². The Morgan fingerprint density at radius 3 is 2.29 bits per heavy atom. The molecule has 0 radical (unpaired) electrons. The molecular weight excluding hydrogens is 170 g/mol. The minimum atomic E-state index is 0.666. The molecule has 0 N–H and O–H groups in total. The molecule has 0 aromatic heterocycles. The predicted molar refractivity (Wildman–Crippen MR) is 64.9 cm³/mol. The number of hydrogen-bond acceptors (Lipinski definition) is 0. The van der Waals surface area contributed by atoms with Gasteiger partial charge in [0, 0.05) is 13.3 Å². The van der Waals surface area contributed by atoms with Crippen LogP contribution >= 0.6 is 0 Å². The molecule has 0 saturated carbocycles. The number of nitrogens with zero attached hydrogens (tertiary/aromatic N) is 1. The van der Waals surface area contributed by atoms with Gasteiger partial charge in [-0.3, -0.25) is 0 Å². The molecule has 0 spiro atoms. The lowest BCUT2D eigenvalue weighted by Crippen LogP contribution is -2.08. The highest BCUT2D eigenvalue weighted by molar-refractivity contribution is 5.47. The zero-order valence-electron chi connectivity index (χ0n) is 10.5. The Hall–Kier alpha value is -0.590. The zero-order chi connectivity index (χ0) is 11.0. The van der Waals surface area contributed by atoms with Crippen LogP contribution in [0.4, 0.5) is 0 Å². The van der Waals surface area contributed by atoms with Crippen molar-refractivity contribution in [2.24, 2.45) is 11.8 Å². The second kappa shape index (κ2) is 7.78. The summed E-state index contributed by atoms with van der Waals surface area (Å²) in [6.07, 6.45) is 9.21. The summed E-state index contributed by atoms with van der Waals surface area (Å²) in [5.41, 5.74) is 0. The first-order valence-electron chi connectivity index (χ1n) is 5.85. The number of hydrogen-bond donors (Lipinski definition) is 0. The molecule has 0 aromatic rings. The van der Waals surface area contributed by atoms with Gasteiger partial charge >= 0.3 is 0 Å². The first-order chi connectivity index (χ1) is 6.61. The van der Waals surface area contributed by atoms with Crippen LogP contribution in [0.15, 0.2) is 12.3 Å². The molecule has 0 saturated heterocycles. The van der Waals surface area contributed by atoms with Gasteiger partial charge in [0.1, 0.15) is 12.8 Å². The summed E-state index contributed by atoms with van der Waals surface area (Å²) in [5, 5.41) is 0. The van der Waals surface area contributed by atoms with Gasteiger partial charge in [-0.15, -0.1) is 0 Å². The van der Waals surface area contributed by atoms with E-state index in [0.29, 0.717) is 5.92 Å². The molecule has 0 aromatic carbocycles. The van der Waals surface area contributed by atoms with Crippen molar-refractivity contribution in [2.45, 2.75) is 47.5 Å². The third-order valence-corrected chi connectivity index (χ3v) is 2.73. The molecule has 0 heterocycles. The fraction of sp³-hybridized carbons (Fsp3) is 0.769. The van der Waals surface area contributed by atoms with E-state index in [4.69, 9.17) is 0 Å². The Morgan fingerprint density at radius 1 is 1.21 bits per heavy atom. The van der Waals surface area contributed by atoms with E-state index in [9.17, 15) is 0 Å². The molecule has 0 fully saturated rings. The van der Waals surface area contributed by atoms with Gasteiger partial charge in [0.2, 0.25) is 0 Å². The molecule has 0 aliphatic carbocycles. The van der Waals surface area contributed by atoms with E-state index in [1.54, 1.807) is 0 Å². The Balaban J connectivity index is 4.05. The van der Waals surface area contributed by atoms with Crippen LogP contribution in [0.25, 0.3) is 0 Å². The van der Waals surface area contributed by atoms with Crippen LogP contribution in [0.5, 0.6) is 0 Å². The van der Waals surface area contributed by atoms with E-state index < -0.39 is 0 Å². The SMILES string of the molecule is CC=[N+](C=CC(C)C(C)C)CCCC. The van der Waals surface area contributed by atoms with Crippen LogP contribution in [0.1, 0.15) is 47.5 Å². The molecule has 0 aliphatic heterocycles. The fourth-order valence-corrected chi connectivity index (χ4v) is 1.10. The van der Waals surface area contributed by atoms with Crippen LogP contribution in [0.3, 0.4) is 0 Å². The third kappa shape index (κ3) is 5.95. The van der Waals surface area contributed by atoms with E-state index in [2.05, 4.69) is 57.7 Å². The number of allylic oxidation sites excluding steroid dienone is 1. The standard InChI is InChI=1S/C13H26N/c1-6-8-10-14(7-2)11-9-13(5)12(3)4/h7,9,11-13H,6,8,10H2,1-5H3/q+1. The van der Waals surface area contributed by atoms with Gasteiger partial charge in [-0.05, 0) is 17.9 Å². The summed E-state index contributed by atoms with van der Waals surface area (Å²) in [7, 11) is 0. The zero-order valence-corrected chi connectivity index (χ0v) is 10.5. The maximum Gasteiger partial charge on any atom is 0.164 e. The van der Waals surface area contributed by atoms with Crippen molar-refractivity contribution in [2.75, 3.05) is 6.54 Å². The Bertz CT molecular complexity index is 189. The van der Waals surface area contributed by atoms with Gasteiger partial charge in [0.25, 0.3) is 0 Å². The van der Waals surface area contributed by atoms with Crippen molar-refractivity contribution in [3.8, 4) is 0 Å². The maximum atomic E-state index is 2.31. The second-order valence-corrected chi connectivity index (χ2v) is 4.29. The molecule has 0 rings (SSSR count). The molecular formula is C13H26N+. The van der Waals surface area contributed by atoms with Gasteiger partial charge in [-0.2, -0.15) is 0 Å². The summed E-state index contributed by atoms with van der Waals surface area (Å²) in [5.74, 6) is 1.40. The largest absolute Gasteiger partial charge is 0.209 e. The molecule has 1 unspecified atom stereocenters. The van der Waals surface area contributed by atoms with Crippen molar-refractivity contribution in [3.63, 3.8) is 0 Å². The summed E-state index contributed by atoms with van der Waals surface area (Å²) in [6, 6.07) is 0. The van der Waals surface area contributed by atoms with Gasteiger partial charge < -0.3 is 0 Å². The van der Waals surface area contributed by atoms with Crippen molar-refractivity contribution >= 4 is 6.21 Å². The number of rotatable bonds is 6. The normalized spacial score (nSPS) is 15.4. The lowest BCUT2D eigenvalue weighted by atomic mass is 9.98. The minimum Gasteiger partial charge on any atom is -0.209 e. The van der Waals surface area contributed by atoms with Crippen LogP contribution in [-0.2, 0) is 0 Å². The van der Waals surface area contributed by atoms with Crippen molar-refractivity contribution in [1.82, 2.24) is 0 Å². The van der Waals surface area contributed by atoms with E-state index in [1.165, 1.54) is 12.8 Å². The quantitative estimate of drug-likeness (QED) is 0.450. The molecule has 82 valence electrons. The first-order valence-corrected chi connectivity index (χ1v) is 5.85. The highest BCUT2D eigenvalue weighted by Gasteiger charge is 2.04. The summed E-state index contributed by atoms with van der Waals surface area (Å²) in [4.78, 5) is 0. The lowest BCUT2D eigenvalue weighted by molar-refractivity contribution is -0.453. The topological polar surface area (TPSA) is 3.01 Å². The van der Waals surface area contributed by atoms with Crippen LogP contribution in [0, 0.1) is 11.8 Å². The average molecular weight is 196 g/mol. The van der Waals surface area contributed by atoms with Crippen molar-refractivity contribution in [3.05, 3.63) is 12.3 Å². The van der Waals surface area contributed by atoms with Gasteiger partial charge in [0.15, 0.2) is 6.20 Å². The van der Waals surface area contributed by atoms with Gasteiger partial charge in [-0.25, -0.2) is 4.58 Å². The second-order valence-electron chi connectivity index (χ2n) is 4.29. The summed E-state index contributed by atoms with van der Waals surface area (Å²) < 4.78 is 2.28. The highest BCUT2D eigenvalue weighted by atomic mass is 15.0. The van der Waals surface area contributed by atoms with E-state index >= 15 is 0 Å². The monoisotopic (exact) mass is 196 g/mol. The average Bonchev–Trinajstić information content (AvgIpc) is 2.17. The molecule has 1 nitrogen and oxygen atoms in total. The van der Waals surface area contributed by atoms with Crippen LogP contribution in [-0.4, -0.2) is 17.3 Å². The molecule has 14 heavy (non-hydrogen) atoms. The lowest BCUT2D eigenvalue weighted by Gasteiger charge is -2.08. The third-order valence-electron chi connectivity index (χ3n) is 2.73. The van der Waals surface area contributed by atoms with E-state index in [1.807, 2.05) is 0 Å². The molecule has 0 amide bonds. The maximum absolute atomic E-state index is 2.31. The fourth-order valence-electron chi connectivity index (χ4n) is 1.10. The molecule has 0 aliphatic rings. The molecule has 0 bridgehead atoms. The van der Waals surface area contributed by atoms with E-state index in [0.717, 1.165) is 12.5 Å². The minimum absolute atomic E-state index is 0.666. The Kier molecular flexibility index (Phi) is 7.45. The molecule has 1 atom stereocenters. The van der Waals surface area contributed by atoms with Crippen LogP contribution in [0.2, 0.25) is 0 Å². The Morgan fingerprint density at radius 2 is 1.86 bits per heavy atom. The smallest absolute Gasteiger partial charge is 0.164 e. The highest BCUT2D eigenvalue weighted by Crippen LogP contribution is 2.10. The summed E-state index contributed by atoms with van der Waals surface area (Å²) in [6.45, 7) is 12.3. The van der Waals surface area contributed by atoms with E-state index in [-0.39, 0.29) is 0 Å². The summed E-state index contributed by atoms with van der Waals surface area (Å²) >= 11 is 0. The first kappa shape index (κ1) is 13.4. The van der Waals surface area contributed by atoms with Crippen molar-refractivity contribution < 1.29 is 4.58 Å². The van der Waals surface area contributed by atoms with Crippen LogP contribution < -0.4 is 0 Å². The van der Waals surface area contributed by atoms with Crippen molar-refractivity contribution in [1.29, 1.82) is 0 Å². The number of unbranched alkanes of at least 4 members (excludes halogenated alkanes) is 1. The molecule has 1 heteroatoms.